The monoisotopic (exact) mass is 724 g/mol. The van der Waals surface area contributed by atoms with Crippen LogP contribution in [-0.4, -0.2) is 0 Å². The normalized spacial score (nSPS) is 12.7. The lowest BCUT2D eigenvalue weighted by Gasteiger charge is -2.22. The summed E-state index contributed by atoms with van der Waals surface area (Å²) in [6.45, 7) is 1.95. The topological polar surface area (TPSA) is 0 Å². The van der Waals surface area contributed by atoms with E-state index in [-0.39, 0.29) is 0 Å². The van der Waals surface area contributed by atoms with Crippen molar-refractivity contribution in [1.29, 1.82) is 0 Å². The van der Waals surface area contributed by atoms with Crippen molar-refractivity contribution in [3.05, 3.63) is 156 Å². The maximum atomic E-state index is 13.6. The first-order chi connectivity index (χ1) is 25.1. The van der Waals surface area contributed by atoms with Crippen LogP contribution in [0.2, 0.25) is 0 Å². The molecule has 53 heavy (non-hydrogen) atoms. The number of hydrogen-bond acceptors (Lipinski definition) is 0. The van der Waals surface area contributed by atoms with Crippen LogP contribution in [0.1, 0.15) is 22.3 Å². The van der Waals surface area contributed by atoms with E-state index in [1.165, 1.54) is 36.4 Å². The predicted molar refractivity (Wildman–Crippen MR) is 192 cm³/mol. The highest BCUT2D eigenvalue weighted by Crippen LogP contribution is 2.49. The zero-order chi connectivity index (χ0) is 37.4. The van der Waals surface area contributed by atoms with Crippen LogP contribution in [0.4, 0.5) is 39.5 Å². The Labute approximate surface area is 297 Å². The van der Waals surface area contributed by atoms with Crippen molar-refractivity contribution in [2.24, 2.45) is 0 Å². The molecule has 264 valence electrons. The van der Waals surface area contributed by atoms with Gasteiger partial charge < -0.3 is 0 Å². The van der Waals surface area contributed by atoms with Gasteiger partial charge in [0.05, 0.1) is 16.7 Å². The number of aryl methyl sites for hydroxylation is 1. The van der Waals surface area contributed by atoms with Gasteiger partial charge in [-0.25, -0.2) is 0 Å². The molecule has 8 aromatic rings. The van der Waals surface area contributed by atoms with E-state index >= 15 is 0 Å². The summed E-state index contributed by atoms with van der Waals surface area (Å²) in [6.07, 6.45) is -13.7. The van der Waals surface area contributed by atoms with Gasteiger partial charge in [0.15, 0.2) is 0 Å². The molecule has 8 rings (SSSR count). The van der Waals surface area contributed by atoms with E-state index in [0.29, 0.717) is 44.2 Å². The zero-order valence-electron chi connectivity index (χ0n) is 27.6. The highest BCUT2D eigenvalue weighted by atomic mass is 19.4. The van der Waals surface area contributed by atoms with Crippen LogP contribution in [0, 0.1) is 6.92 Å². The third kappa shape index (κ3) is 6.04. The molecule has 0 bridgehead atoms. The molecule has 0 nitrogen and oxygen atoms in total. The smallest absolute Gasteiger partial charge is 0.166 e. The number of rotatable bonds is 4. The van der Waals surface area contributed by atoms with E-state index in [1.807, 2.05) is 61.5 Å². The van der Waals surface area contributed by atoms with Gasteiger partial charge in [-0.2, -0.15) is 39.5 Å². The van der Waals surface area contributed by atoms with Crippen molar-refractivity contribution in [1.82, 2.24) is 0 Å². The summed E-state index contributed by atoms with van der Waals surface area (Å²) in [5.41, 5.74) is 3.48. The van der Waals surface area contributed by atoms with Crippen LogP contribution in [0.15, 0.2) is 133 Å². The molecule has 0 atom stereocenters. The molecule has 9 heteroatoms. The molecule has 0 fully saturated rings. The molecule has 8 aromatic carbocycles. The second kappa shape index (κ2) is 12.1. The number of hydrogen-bond donors (Lipinski definition) is 0. The molecule has 0 aliphatic heterocycles. The van der Waals surface area contributed by atoms with Gasteiger partial charge in [0.2, 0.25) is 0 Å². The summed E-state index contributed by atoms with van der Waals surface area (Å²) in [6, 6.07) is 33.4. The molecular formula is C44H25F9. The first kappa shape index (κ1) is 34.3. The van der Waals surface area contributed by atoms with Gasteiger partial charge in [-0.1, -0.05) is 90.5 Å². The Hall–Kier alpha value is -5.83. The van der Waals surface area contributed by atoms with Crippen molar-refractivity contribution in [2.75, 3.05) is 0 Å². The standard InChI is InChI=1S/C44H25F9/c1-24-2-4-25(5-3-24)36-22-37(26-6-12-29(13-7-26)42(45,46)47)33-20-21-35-39(28-10-16-31(17-11-28)44(51,52)53)23-38(34-19-18-32(36)40(33)41(34)35)27-8-14-30(15-9-27)43(48,49)50/h2-23H,1H3. The fraction of sp³-hybridized carbons (Fsp3) is 0.0909. The van der Waals surface area contributed by atoms with Crippen molar-refractivity contribution in [2.45, 2.75) is 25.5 Å². The molecule has 0 aliphatic rings. The van der Waals surface area contributed by atoms with Crippen molar-refractivity contribution >= 4 is 32.3 Å². The van der Waals surface area contributed by atoms with Gasteiger partial charge in [-0.05, 0) is 132 Å². The predicted octanol–water partition coefficient (Wildman–Crippen LogP) is 14.6. The molecular weight excluding hydrogens is 699 g/mol. The number of halogens is 9. The van der Waals surface area contributed by atoms with Crippen molar-refractivity contribution in [3.8, 4) is 44.5 Å². The third-order valence-corrected chi connectivity index (χ3v) is 9.83. The molecule has 0 saturated carbocycles. The maximum Gasteiger partial charge on any atom is 0.416 e. The molecule has 0 aromatic heterocycles. The van der Waals surface area contributed by atoms with E-state index in [9.17, 15) is 39.5 Å². The summed E-state index contributed by atoms with van der Waals surface area (Å²) in [5.74, 6) is 0. The molecule has 0 spiro atoms. The van der Waals surface area contributed by atoms with Crippen LogP contribution in [-0.2, 0) is 18.5 Å². The molecule has 0 unspecified atom stereocenters. The highest BCUT2D eigenvalue weighted by Gasteiger charge is 2.32. The second-order valence-corrected chi connectivity index (χ2v) is 13.1. The van der Waals surface area contributed by atoms with Gasteiger partial charge in [0.1, 0.15) is 0 Å². The Bertz CT molecular complexity index is 2550. The summed E-state index contributed by atoms with van der Waals surface area (Å²) in [5, 5.41) is 4.39. The Morgan fingerprint density at radius 2 is 0.528 bits per heavy atom. The van der Waals surface area contributed by atoms with E-state index in [2.05, 4.69) is 0 Å². The van der Waals surface area contributed by atoms with Crippen molar-refractivity contribution < 1.29 is 39.5 Å². The van der Waals surface area contributed by atoms with Gasteiger partial charge >= 0.3 is 18.5 Å². The maximum absolute atomic E-state index is 13.6. The van der Waals surface area contributed by atoms with E-state index in [1.54, 1.807) is 6.07 Å². The lowest BCUT2D eigenvalue weighted by atomic mass is 9.81. The summed E-state index contributed by atoms with van der Waals surface area (Å²) >= 11 is 0. The Balaban J connectivity index is 1.49. The van der Waals surface area contributed by atoms with Crippen LogP contribution in [0.25, 0.3) is 76.8 Å². The first-order valence-corrected chi connectivity index (χ1v) is 16.5. The lowest BCUT2D eigenvalue weighted by molar-refractivity contribution is -0.138. The largest absolute Gasteiger partial charge is 0.416 e. The van der Waals surface area contributed by atoms with Gasteiger partial charge in [-0.15, -0.1) is 0 Å². The molecule has 0 N–H and O–H groups in total. The summed E-state index contributed by atoms with van der Waals surface area (Å²) in [4.78, 5) is 0. The van der Waals surface area contributed by atoms with E-state index in [4.69, 9.17) is 0 Å². The molecule has 0 saturated heterocycles. The summed E-state index contributed by atoms with van der Waals surface area (Å²) in [7, 11) is 0. The van der Waals surface area contributed by atoms with Crippen molar-refractivity contribution in [3.63, 3.8) is 0 Å². The zero-order valence-corrected chi connectivity index (χ0v) is 27.6. The Kier molecular flexibility index (Phi) is 7.83. The third-order valence-electron chi connectivity index (χ3n) is 9.83. The Morgan fingerprint density at radius 1 is 0.302 bits per heavy atom. The van der Waals surface area contributed by atoms with Crippen LogP contribution < -0.4 is 0 Å². The quantitative estimate of drug-likeness (QED) is 0.125. The minimum atomic E-state index is -4.56. The second-order valence-electron chi connectivity index (χ2n) is 13.1. The van der Waals surface area contributed by atoms with E-state index in [0.717, 1.165) is 74.6 Å². The lowest BCUT2D eigenvalue weighted by Crippen LogP contribution is -2.04. The fourth-order valence-corrected chi connectivity index (χ4v) is 7.20. The van der Waals surface area contributed by atoms with Gasteiger partial charge in [0.25, 0.3) is 0 Å². The first-order valence-electron chi connectivity index (χ1n) is 16.5. The molecule has 0 amide bonds. The molecule has 0 aliphatic carbocycles. The van der Waals surface area contributed by atoms with Crippen LogP contribution >= 0.6 is 0 Å². The number of benzene rings is 8. The van der Waals surface area contributed by atoms with Crippen LogP contribution in [0.3, 0.4) is 0 Å². The minimum Gasteiger partial charge on any atom is -0.166 e. The van der Waals surface area contributed by atoms with Gasteiger partial charge in [-0.3, -0.25) is 0 Å². The van der Waals surface area contributed by atoms with Crippen LogP contribution in [0.5, 0.6) is 0 Å². The SMILES string of the molecule is Cc1ccc(-c2cc(-c3ccc(C(F)(F)F)cc3)c3ccc4c(-c5ccc(C(F)(F)F)cc5)cc(-c5ccc(C(F)(F)F)cc5)c5ccc2c3c54)cc1. The van der Waals surface area contributed by atoms with Gasteiger partial charge in [0, 0.05) is 0 Å². The minimum absolute atomic E-state index is 0.464. The fourth-order valence-electron chi connectivity index (χ4n) is 7.20. The average molecular weight is 725 g/mol. The number of alkyl halides is 9. The Morgan fingerprint density at radius 3 is 0.755 bits per heavy atom. The highest BCUT2D eigenvalue weighted by molar-refractivity contribution is 6.31. The molecule has 0 radical (unpaired) electrons. The summed E-state index contributed by atoms with van der Waals surface area (Å²) < 4.78 is 122. The van der Waals surface area contributed by atoms with E-state index < -0.39 is 35.2 Å². The average Bonchev–Trinajstić information content (AvgIpc) is 3.13. The molecule has 0 heterocycles.